The summed E-state index contributed by atoms with van der Waals surface area (Å²) in [6.07, 6.45) is -4.62. The van der Waals surface area contributed by atoms with Gasteiger partial charge in [0, 0.05) is 7.05 Å². The van der Waals surface area contributed by atoms with Crippen LogP contribution in [0.3, 0.4) is 0 Å². The number of halogens is 4. The van der Waals surface area contributed by atoms with Gasteiger partial charge in [-0.1, -0.05) is 0 Å². The summed E-state index contributed by atoms with van der Waals surface area (Å²) in [7, 11) is 1.21. The van der Waals surface area contributed by atoms with E-state index in [0.29, 0.717) is 0 Å². The van der Waals surface area contributed by atoms with Crippen molar-refractivity contribution in [3.8, 4) is 0 Å². The van der Waals surface area contributed by atoms with Gasteiger partial charge in [0.25, 0.3) is 5.91 Å². The molecule has 0 aromatic carbocycles. The number of hydrazine groups is 1. The van der Waals surface area contributed by atoms with Gasteiger partial charge in [0.1, 0.15) is 5.69 Å². The molecule has 0 fully saturated rings. The Labute approximate surface area is 90.5 Å². The summed E-state index contributed by atoms with van der Waals surface area (Å²) in [6, 6.07) is 0. The lowest BCUT2D eigenvalue weighted by Crippen LogP contribution is -2.31. The molecule has 9 heteroatoms. The molecule has 1 aromatic heterocycles. The van der Waals surface area contributed by atoms with Crippen LogP contribution in [0.15, 0.2) is 4.47 Å². The van der Waals surface area contributed by atoms with Gasteiger partial charge in [-0.15, -0.1) is 0 Å². The van der Waals surface area contributed by atoms with Gasteiger partial charge < -0.3 is 0 Å². The van der Waals surface area contributed by atoms with Crippen LogP contribution in [0.5, 0.6) is 0 Å². The normalized spacial score (nSPS) is 11.6. The standard InChI is InChI=1S/C6H6BrF3N4O/c1-14-3(5(15)12-11)2(7)4(13-14)6(8,9)10/h11H2,1H3,(H,12,15). The van der Waals surface area contributed by atoms with Crippen LogP contribution in [0.25, 0.3) is 0 Å². The number of nitrogens with one attached hydrogen (secondary N) is 1. The molecule has 5 nitrogen and oxygen atoms in total. The van der Waals surface area contributed by atoms with Crippen LogP contribution in [0.4, 0.5) is 13.2 Å². The molecule has 84 valence electrons. The molecule has 1 amide bonds. The molecule has 0 aliphatic heterocycles. The van der Waals surface area contributed by atoms with Crippen LogP contribution < -0.4 is 11.3 Å². The van der Waals surface area contributed by atoms with Gasteiger partial charge in [0.2, 0.25) is 0 Å². The molecule has 1 rings (SSSR count). The smallest absolute Gasteiger partial charge is 0.289 e. The second kappa shape index (κ2) is 3.81. The van der Waals surface area contributed by atoms with Crippen LogP contribution in [0.2, 0.25) is 0 Å². The van der Waals surface area contributed by atoms with E-state index in [2.05, 4.69) is 21.0 Å². The minimum atomic E-state index is -4.62. The first-order chi connectivity index (χ1) is 6.79. The summed E-state index contributed by atoms with van der Waals surface area (Å²) < 4.78 is 37.4. The van der Waals surface area contributed by atoms with Crippen molar-refractivity contribution in [2.24, 2.45) is 12.9 Å². The number of aromatic nitrogens is 2. The molecule has 1 aromatic rings. The van der Waals surface area contributed by atoms with Gasteiger partial charge in [-0.25, -0.2) is 5.84 Å². The quantitative estimate of drug-likeness (QED) is 0.456. The van der Waals surface area contributed by atoms with Crippen LogP contribution in [-0.4, -0.2) is 15.7 Å². The first-order valence-corrected chi connectivity index (χ1v) is 4.39. The maximum atomic E-state index is 12.3. The first-order valence-electron chi connectivity index (χ1n) is 3.59. The van der Waals surface area contributed by atoms with E-state index in [1.807, 2.05) is 0 Å². The molecule has 0 saturated heterocycles. The van der Waals surface area contributed by atoms with Crippen molar-refractivity contribution in [1.82, 2.24) is 15.2 Å². The third-order valence-corrected chi connectivity index (χ3v) is 2.36. The summed E-state index contributed by atoms with van der Waals surface area (Å²) in [5.74, 6) is 3.96. The van der Waals surface area contributed by atoms with E-state index in [-0.39, 0.29) is 5.69 Å². The van der Waals surface area contributed by atoms with Gasteiger partial charge >= 0.3 is 6.18 Å². The van der Waals surface area contributed by atoms with Crippen molar-refractivity contribution in [1.29, 1.82) is 0 Å². The third kappa shape index (κ3) is 2.12. The highest BCUT2D eigenvalue weighted by molar-refractivity contribution is 9.10. The highest BCUT2D eigenvalue weighted by Crippen LogP contribution is 2.35. The molecular weight excluding hydrogens is 281 g/mol. The zero-order valence-electron chi connectivity index (χ0n) is 7.39. The van der Waals surface area contributed by atoms with Crippen LogP contribution >= 0.6 is 15.9 Å². The summed E-state index contributed by atoms with van der Waals surface area (Å²) in [6.45, 7) is 0. The van der Waals surface area contributed by atoms with E-state index in [1.165, 1.54) is 7.05 Å². The molecule has 3 N–H and O–H groups in total. The van der Waals surface area contributed by atoms with E-state index < -0.39 is 22.3 Å². The predicted octanol–water partition coefficient (Wildman–Crippen LogP) is 0.805. The average Bonchev–Trinajstić information content (AvgIpc) is 2.40. The maximum absolute atomic E-state index is 12.3. The van der Waals surface area contributed by atoms with E-state index >= 15 is 0 Å². The molecular formula is C6H6BrF3N4O. The molecule has 0 saturated carbocycles. The Morgan fingerprint density at radius 3 is 2.47 bits per heavy atom. The second-order valence-electron chi connectivity index (χ2n) is 2.61. The third-order valence-electron chi connectivity index (χ3n) is 1.60. The number of nitrogens with zero attached hydrogens (tertiary/aromatic N) is 2. The van der Waals surface area contributed by atoms with Crippen molar-refractivity contribution in [3.05, 3.63) is 15.9 Å². The number of alkyl halides is 3. The molecule has 0 unspecified atom stereocenters. The molecule has 0 aliphatic rings. The number of hydrogen-bond donors (Lipinski definition) is 2. The fourth-order valence-corrected chi connectivity index (χ4v) is 1.74. The lowest BCUT2D eigenvalue weighted by molar-refractivity contribution is -0.142. The van der Waals surface area contributed by atoms with Gasteiger partial charge in [-0.2, -0.15) is 18.3 Å². The van der Waals surface area contributed by atoms with E-state index in [1.54, 1.807) is 5.43 Å². The van der Waals surface area contributed by atoms with Gasteiger partial charge in [-0.05, 0) is 15.9 Å². The Kier molecular flexibility index (Phi) is 3.05. The highest BCUT2D eigenvalue weighted by atomic mass is 79.9. The SMILES string of the molecule is Cn1nc(C(F)(F)F)c(Br)c1C(=O)NN. The summed E-state index contributed by atoms with van der Waals surface area (Å²) in [5, 5.41) is 3.18. The number of carbonyl (C=O) groups is 1. The molecule has 1 heterocycles. The average molecular weight is 287 g/mol. The van der Waals surface area contributed by atoms with E-state index in [9.17, 15) is 18.0 Å². The molecule has 0 spiro atoms. The molecule has 0 radical (unpaired) electrons. The van der Waals surface area contributed by atoms with Gasteiger partial charge in [0.15, 0.2) is 5.69 Å². The van der Waals surface area contributed by atoms with Crippen LogP contribution in [-0.2, 0) is 13.2 Å². The number of carbonyl (C=O) groups excluding carboxylic acids is 1. The predicted molar refractivity (Wildman–Crippen MR) is 47.6 cm³/mol. The summed E-state index contributed by atoms with van der Waals surface area (Å²) in [4.78, 5) is 11.1. The van der Waals surface area contributed by atoms with E-state index in [4.69, 9.17) is 5.84 Å². The van der Waals surface area contributed by atoms with Crippen molar-refractivity contribution in [2.45, 2.75) is 6.18 Å². The molecule has 0 aliphatic carbocycles. The largest absolute Gasteiger partial charge is 0.436 e. The van der Waals surface area contributed by atoms with Gasteiger partial charge in [-0.3, -0.25) is 14.9 Å². The summed E-state index contributed by atoms with van der Waals surface area (Å²) >= 11 is 2.66. The van der Waals surface area contributed by atoms with Crippen molar-refractivity contribution in [2.75, 3.05) is 0 Å². The lowest BCUT2D eigenvalue weighted by Gasteiger charge is -2.01. The number of aryl methyl sites for hydroxylation is 1. The monoisotopic (exact) mass is 286 g/mol. The maximum Gasteiger partial charge on any atom is 0.436 e. The molecule has 0 bridgehead atoms. The Balaban J connectivity index is 3.33. The Morgan fingerprint density at radius 2 is 2.13 bits per heavy atom. The number of nitrogens with two attached hydrogens (primary N) is 1. The van der Waals surface area contributed by atoms with Crippen molar-refractivity contribution in [3.63, 3.8) is 0 Å². The second-order valence-corrected chi connectivity index (χ2v) is 3.40. The number of nitrogen functional groups attached to an aromatic ring is 1. The topological polar surface area (TPSA) is 72.9 Å². The van der Waals surface area contributed by atoms with Crippen LogP contribution in [0.1, 0.15) is 16.2 Å². The fourth-order valence-electron chi connectivity index (χ4n) is 0.994. The Hall–Kier alpha value is -1.09. The molecule has 15 heavy (non-hydrogen) atoms. The zero-order valence-corrected chi connectivity index (χ0v) is 8.98. The van der Waals surface area contributed by atoms with Gasteiger partial charge in [0.05, 0.1) is 4.47 Å². The number of amides is 1. The van der Waals surface area contributed by atoms with E-state index in [0.717, 1.165) is 4.68 Å². The lowest BCUT2D eigenvalue weighted by atomic mass is 10.3. The summed E-state index contributed by atoms with van der Waals surface area (Å²) in [5.41, 5.74) is 0.280. The zero-order chi connectivity index (χ0) is 11.8. The minimum Gasteiger partial charge on any atom is -0.289 e. The van der Waals surface area contributed by atoms with Crippen molar-refractivity contribution >= 4 is 21.8 Å². The Morgan fingerprint density at radius 1 is 1.60 bits per heavy atom. The number of hydrogen-bond acceptors (Lipinski definition) is 3. The first kappa shape index (κ1) is 12.0. The minimum absolute atomic E-state index is 0.287. The molecule has 0 atom stereocenters. The fraction of sp³-hybridized carbons (Fsp3) is 0.333. The Bertz CT molecular complexity index is 400. The highest BCUT2D eigenvalue weighted by Gasteiger charge is 2.39. The van der Waals surface area contributed by atoms with Crippen molar-refractivity contribution < 1.29 is 18.0 Å². The van der Waals surface area contributed by atoms with Crippen LogP contribution in [0, 0.1) is 0 Å². The number of rotatable bonds is 1.